The number of hydrogen-bond donors (Lipinski definition) is 1. The second-order valence-corrected chi connectivity index (χ2v) is 5.42. The monoisotopic (exact) mass is 255 g/mol. The van der Waals surface area contributed by atoms with Crippen LogP contribution in [-0.4, -0.2) is 35.2 Å². The molecule has 100 valence electrons. The van der Waals surface area contributed by atoms with Gasteiger partial charge in [-0.15, -0.1) is 0 Å². The van der Waals surface area contributed by atoms with Crippen molar-refractivity contribution in [2.24, 2.45) is 0 Å². The van der Waals surface area contributed by atoms with E-state index in [9.17, 15) is 13.9 Å². The first-order valence-electron chi connectivity index (χ1n) is 6.26. The highest BCUT2D eigenvalue weighted by molar-refractivity contribution is 5.21. The Morgan fingerprint density at radius 2 is 2.17 bits per heavy atom. The van der Waals surface area contributed by atoms with E-state index in [1.165, 1.54) is 12.1 Å². The number of hydrogen-bond acceptors (Lipinski definition) is 2. The quantitative estimate of drug-likeness (QED) is 0.877. The molecule has 1 N–H and O–H groups in total. The maximum atomic E-state index is 13.6. The van der Waals surface area contributed by atoms with Crippen LogP contribution in [0.3, 0.4) is 0 Å². The molecule has 0 radical (unpaired) electrons. The molecule has 0 amide bonds. The highest BCUT2D eigenvalue weighted by atomic mass is 19.1. The van der Waals surface area contributed by atoms with Gasteiger partial charge in [0.05, 0.1) is 5.60 Å². The summed E-state index contributed by atoms with van der Waals surface area (Å²) in [5, 5.41) is 10.5. The van der Waals surface area contributed by atoms with E-state index in [1.54, 1.807) is 0 Å². The summed E-state index contributed by atoms with van der Waals surface area (Å²) in [6, 6.07) is 3.80. The summed E-state index contributed by atoms with van der Waals surface area (Å²) in [7, 11) is 2.02. The third kappa shape index (κ3) is 2.87. The number of rotatable bonds is 2. The molecule has 2 rings (SSSR count). The van der Waals surface area contributed by atoms with Crippen LogP contribution in [0.2, 0.25) is 0 Å². The SMILES string of the molecule is CC1CC(O)(Cc2ccc(F)cc2F)CCN1C. The molecule has 0 bridgehead atoms. The highest BCUT2D eigenvalue weighted by Gasteiger charge is 2.35. The minimum atomic E-state index is -0.884. The van der Waals surface area contributed by atoms with Crippen LogP contribution in [0.25, 0.3) is 0 Å². The van der Waals surface area contributed by atoms with Crippen LogP contribution in [0.15, 0.2) is 18.2 Å². The first kappa shape index (κ1) is 13.4. The van der Waals surface area contributed by atoms with Gasteiger partial charge in [0.25, 0.3) is 0 Å². The minimum Gasteiger partial charge on any atom is -0.389 e. The van der Waals surface area contributed by atoms with Gasteiger partial charge in [-0.05, 0) is 38.4 Å². The van der Waals surface area contributed by atoms with Crippen molar-refractivity contribution in [3.05, 3.63) is 35.4 Å². The maximum absolute atomic E-state index is 13.6. The second-order valence-electron chi connectivity index (χ2n) is 5.42. The van der Waals surface area contributed by atoms with E-state index < -0.39 is 17.2 Å². The Balaban J connectivity index is 2.13. The maximum Gasteiger partial charge on any atom is 0.129 e. The van der Waals surface area contributed by atoms with Crippen LogP contribution < -0.4 is 0 Å². The number of nitrogens with zero attached hydrogens (tertiary/aromatic N) is 1. The fraction of sp³-hybridized carbons (Fsp3) is 0.571. The summed E-state index contributed by atoms with van der Waals surface area (Å²) < 4.78 is 26.4. The summed E-state index contributed by atoms with van der Waals surface area (Å²) >= 11 is 0. The van der Waals surface area contributed by atoms with E-state index >= 15 is 0 Å². The van der Waals surface area contributed by atoms with Gasteiger partial charge in [-0.1, -0.05) is 6.07 Å². The molecule has 1 saturated heterocycles. The molecular formula is C14H19F2NO. The zero-order valence-corrected chi connectivity index (χ0v) is 10.8. The average molecular weight is 255 g/mol. The lowest BCUT2D eigenvalue weighted by atomic mass is 9.82. The summed E-state index contributed by atoms with van der Waals surface area (Å²) in [6.07, 6.45) is 1.47. The summed E-state index contributed by atoms with van der Waals surface area (Å²) in [4.78, 5) is 2.18. The number of piperidine rings is 1. The molecule has 1 fully saturated rings. The fourth-order valence-electron chi connectivity index (χ4n) is 2.59. The van der Waals surface area contributed by atoms with Crippen molar-refractivity contribution >= 4 is 0 Å². The molecule has 0 aromatic heterocycles. The van der Waals surface area contributed by atoms with Crippen molar-refractivity contribution in [3.8, 4) is 0 Å². The van der Waals surface area contributed by atoms with Gasteiger partial charge in [-0.25, -0.2) is 8.78 Å². The van der Waals surface area contributed by atoms with Crippen molar-refractivity contribution < 1.29 is 13.9 Å². The predicted molar refractivity (Wildman–Crippen MR) is 66.3 cm³/mol. The third-order valence-corrected chi connectivity index (χ3v) is 3.89. The van der Waals surface area contributed by atoms with Crippen LogP contribution in [0.4, 0.5) is 8.78 Å². The van der Waals surface area contributed by atoms with E-state index in [0.29, 0.717) is 18.4 Å². The van der Waals surface area contributed by atoms with Crippen LogP contribution in [0.1, 0.15) is 25.3 Å². The first-order valence-corrected chi connectivity index (χ1v) is 6.26. The fourth-order valence-corrected chi connectivity index (χ4v) is 2.59. The standard InChI is InChI=1S/C14H19F2NO/c1-10-8-14(18,5-6-17(10)2)9-11-3-4-12(15)7-13(11)16/h3-4,7,10,18H,5-6,8-9H2,1-2H3. The highest BCUT2D eigenvalue weighted by Crippen LogP contribution is 2.30. The molecule has 2 unspecified atom stereocenters. The lowest BCUT2D eigenvalue weighted by Gasteiger charge is -2.41. The van der Waals surface area contributed by atoms with Crippen molar-refractivity contribution in [1.82, 2.24) is 4.90 Å². The molecule has 18 heavy (non-hydrogen) atoms. The van der Waals surface area contributed by atoms with Crippen molar-refractivity contribution in [1.29, 1.82) is 0 Å². The number of likely N-dealkylation sites (tertiary alicyclic amines) is 1. The molecule has 1 aliphatic rings. The van der Waals surface area contributed by atoms with Gasteiger partial charge < -0.3 is 10.0 Å². The largest absolute Gasteiger partial charge is 0.389 e. The molecule has 2 atom stereocenters. The smallest absolute Gasteiger partial charge is 0.129 e. The van der Waals surface area contributed by atoms with E-state index in [0.717, 1.165) is 12.6 Å². The van der Waals surface area contributed by atoms with Gasteiger partial charge in [-0.2, -0.15) is 0 Å². The Morgan fingerprint density at radius 1 is 1.44 bits per heavy atom. The molecule has 1 aromatic rings. The van der Waals surface area contributed by atoms with E-state index in [1.807, 2.05) is 14.0 Å². The number of aliphatic hydroxyl groups is 1. The van der Waals surface area contributed by atoms with E-state index in [4.69, 9.17) is 0 Å². The van der Waals surface area contributed by atoms with Gasteiger partial charge in [0.2, 0.25) is 0 Å². The molecule has 2 nitrogen and oxygen atoms in total. The topological polar surface area (TPSA) is 23.5 Å². The van der Waals surface area contributed by atoms with Gasteiger partial charge in [-0.3, -0.25) is 0 Å². The Bertz CT molecular complexity index is 438. The number of benzene rings is 1. The Morgan fingerprint density at radius 3 is 2.78 bits per heavy atom. The van der Waals surface area contributed by atoms with Crippen LogP contribution in [-0.2, 0) is 6.42 Å². The zero-order chi connectivity index (χ0) is 13.3. The van der Waals surface area contributed by atoms with Crippen LogP contribution in [0, 0.1) is 11.6 Å². The Labute approximate surface area is 106 Å². The molecule has 1 heterocycles. The Kier molecular flexibility index (Phi) is 3.69. The second kappa shape index (κ2) is 4.94. The third-order valence-electron chi connectivity index (χ3n) is 3.89. The lowest BCUT2D eigenvalue weighted by molar-refractivity contribution is -0.0358. The zero-order valence-electron chi connectivity index (χ0n) is 10.8. The molecule has 1 aliphatic heterocycles. The molecule has 0 spiro atoms. The van der Waals surface area contributed by atoms with Crippen molar-refractivity contribution in [3.63, 3.8) is 0 Å². The number of halogens is 2. The average Bonchev–Trinajstić information content (AvgIpc) is 2.28. The lowest BCUT2D eigenvalue weighted by Crippen LogP contribution is -2.48. The van der Waals surface area contributed by atoms with Gasteiger partial charge in [0, 0.05) is 25.1 Å². The van der Waals surface area contributed by atoms with Gasteiger partial charge >= 0.3 is 0 Å². The predicted octanol–water partition coefficient (Wildman–Crippen LogP) is 2.35. The van der Waals surface area contributed by atoms with E-state index in [-0.39, 0.29) is 12.5 Å². The normalized spacial score (nSPS) is 29.5. The van der Waals surface area contributed by atoms with Crippen molar-refractivity contribution in [2.45, 2.75) is 37.8 Å². The van der Waals surface area contributed by atoms with Crippen LogP contribution >= 0.6 is 0 Å². The summed E-state index contributed by atoms with van der Waals surface area (Å²) in [6.45, 7) is 2.84. The van der Waals surface area contributed by atoms with Gasteiger partial charge in [0.1, 0.15) is 11.6 Å². The molecule has 0 aliphatic carbocycles. The molecular weight excluding hydrogens is 236 g/mol. The summed E-state index contributed by atoms with van der Waals surface area (Å²) in [5.74, 6) is -1.16. The van der Waals surface area contributed by atoms with Crippen LogP contribution in [0.5, 0.6) is 0 Å². The first-order chi connectivity index (χ1) is 8.39. The minimum absolute atomic E-state index is 0.247. The molecule has 1 aromatic carbocycles. The van der Waals surface area contributed by atoms with Gasteiger partial charge in [0.15, 0.2) is 0 Å². The van der Waals surface area contributed by atoms with E-state index in [2.05, 4.69) is 4.90 Å². The van der Waals surface area contributed by atoms with Crippen molar-refractivity contribution in [2.75, 3.05) is 13.6 Å². The summed E-state index contributed by atoms with van der Waals surface area (Å²) in [5.41, 5.74) is -0.499. The molecule has 0 saturated carbocycles. The Hall–Kier alpha value is -1.00. The molecule has 4 heteroatoms.